The molecule has 1 atom stereocenters. The number of para-hydroxylation sites is 1. The van der Waals surface area contributed by atoms with Crippen LogP contribution in [0.15, 0.2) is 47.4 Å². The molecule has 1 aromatic heterocycles. The smallest absolute Gasteiger partial charge is 0.337 e. The molecular weight excluding hydrogens is 448 g/mol. The third-order valence-corrected chi connectivity index (χ3v) is 5.41. The van der Waals surface area contributed by atoms with E-state index in [4.69, 9.17) is 23.2 Å². The van der Waals surface area contributed by atoms with Gasteiger partial charge in [0.2, 0.25) is 0 Å². The van der Waals surface area contributed by atoms with Crippen molar-refractivity contribution in [2.45, 2.75) is 11.1 Å². The van der Waals surface area contributed by atoms with E-state index in [2.05, 4.69) is 10.4 Å². The van der Waals surface area contributed by atoms with Crippen molar-refractivity contribution in [2.75, 3.05) is 11.6 Å². The first-order valence-electron chi connectivity index (χ1n) is 7.88. The average molecular weight is 459 g/mol. The van der Waals surface area contributed by atoms with Crippen LogP contribution in [0.25, 0.3) is 5.69 Å². The summed E-state index contributed by atoms with van der Waals surface area (Å²) in [6, 6.07) is 11.9. The second-order valence-electron chi connectivity index (χ2n) is 5.78. The summed E-state index contributed by atoms with van der Waals surface area (Å²) in [6.45, 7) is 0. The summed E-state index contributed by atoms with van der Waals surface area (Å²) in [5.74, 6) is 0.108. The Labute approximate surface area is 176 Å². The highest BCUT2D eigenvalue weighted by Crippen LogP contribution is 2.41. The molecule has 0 spiro atoms. The number of aromatic nitrogens is 2. The third kappa shape index (κ3) is 4.24. The Morgan fingerprint density at radius 1 is 1.17 bits per heavy atom. The van der Waals surface area contributed by atoms with Gasteiger partial charge in [0.25, 0.3) is 0 Å². The van der Waals surface area contributed by atoms with E-state index in [-0.39, 0.29) is 32.1 Å². The van der Waals surface area contributed by atoms with Gasteiger partial charge >= 0.3 is 6.18 Å². The molecule has 1 heterocycles. The third-order valence-electron chi connectivity index (χ3n) is 3.85. The Morgan fingerprint density at radius 3 is 2.24 bits per heavy atom. The summed E-state index contributed by atoms with van der Waals surface area (Å²) in [6.07, 6.45) is -3.27. The SMILES string of the molecule is CS(=O)c1c(C#N)nn(-c2ccccc2)c1Nc1c(Cl)cc(C(F)(F)F)cc1Cl. The predicted molar refractivity (Wildman–Crippen MR) is 105 cm³/mol. The minimum absolute atomic E-state index is 0.0328. The van der Waals surface area contributed by atoms with Crippen LogP contribution in [0.5, 0.6) is 0 Å². The number of hydrogen-bond acceptors (Lipinski definition) is 4. The van der Waals surface area contributed by atoms with Crippen molar-refractivity contribution < 1.29 is 17.4 Å². The zero-order chi connectivity index (χ0) is 21.3. The average Bonchev–Trinajstić information content (AvgIpc) is 3.03. The number of nitrogens with one attached hydrogen (secondary N) is 1. The van der Waals surface area contributed by atoms with E-state index in [1.165, 1.54) is 10.9 Å². The van der Waals surface area contributed by atoms with Crippen molar-refractivity contribution >= 4 is 45.5 Å². The van der Waals surface area contributed by atoms with Crippen molar-refractivity contribution in [3.63, 3.8) is 0 Å². The second-order valence-corrected chi connectivity index (χ2v) is 7.91. The number of anilines is 2. The lowest BCUT2D eigenvalue weighted by molar-refractivity contribution is -0.137. The van der Waals surface area contributed by atoms with Crippen LogP contribution in [0.3, 0.4) is 0 Å². The van der Waals surface area contributed by atoms with Gasteiger partial charge in [0.1, 0.15) is 11.0 Å². The van der Waals surface area contributed by atoms with Gasteiger partial charge in [-0.1, -0.05) is 41.4 Å². The van der Waals surface area contributed by atoms with Gasteiger partial charge in [0.05, 0.1) is 37.8 Å². The normalized spacial score (nSPS) is 12.4. The fraction of sp³-hybridized carbons (Fsp3) is 0.111. The van der Waals surface area contributed by atoms with E-state index in [0.29, 0.717) is 5.69 Å². The van der Waals surface area contributed by atoms with Crippen LogP contribution >= 0.6 is 23.2 Å². The van der Waals surface area contributed by atoms with Gasteiger partial charge in [0, 0.05) is 6.26 Å². The van der Waals surface area contributed by atoms with E-state index in [1.807, 2.05) is 6.07 Å². The standard InChI is InChI=1S/C18H11Cl2F3N4OS/c1-29(28)16-14(9-24)26-27(11-5-3-2-4-6-11)17(16)25-15-12(19)7-10(8-13(15)20)18(21,22)23/h2-8,25H,1H3. The number of nitrogens with zero attached hydrogens (tertiary/aromatic N) is 3. The van der Waals surface area contributed by atoms with E-state index < -0.39 is 22.5 Å². The summed E-state index contributed by atoms with van der Waals surface area (Å²) in [7, 11) is -1.64. The molecule has 3 aromatic rings. The molecule has 3 rings (SSSR count). The zero-order valence-electron chi connectivity index (χ0n) is 14.6. The molecule has 0 amide bonds. The van der Waals surface area contributed by atoms with E-state index >= 15 is 0 Å². The molecule has 1 N–H and O–H groups in total. The summed E-state index contributed by atoms with van der Waals surface area (Å²) in [5.41, 5.74) is -0.611. The molecule has 11 heteroatoms. The highest BCUT2D eigenvalue weighted by molar-refractivity contribution is 7.84. The largest absolute Gasteiger partial charge is 0.416 e. The summed E-state index contributed by atoms with van der Waals surface area (Å²) >= 11 is 12.1. The highest BCUT2D eigenvalue weighted by atomic mass is 35.5. The summed E-state index contributed by atoms with van der Waals surface area (Å²) < 4.78 is 52.6. The Kier molecular flexibility index (Phi) is 5.89. The predicted octanol–water partition coefficient (Wildman–Crippen LogP) is 5.55. The molecule has 5 nitrogen and oxygen atoms in total. The zero-order valence-corrected chi connectivity index (χ0v) is 16.9. The number of hydrogen-bond donors (Lipinski definition) is 1. The Morgan fingerprint density at radius 2 is 1.76 bits per heavy atom. The molecule has 0 saturated carbocycles. The molecule has 2 aromatic carbocycles. The second kappa shape index (κ2) is 8.06. The fourth-order valence-electron chi connectivity index (χ4n) is 2.59. The molecule has 0 radical (unpaired) electrons. The van der Waals surface area contributed by atoms with Crippen LogP contribution in [0, 0.1) is 11.3 Å². The van der Waals surface area contributed by atoms with Gasteiger partial charge in [-0.2, -0.15) is 23.5 Å². The summed E-state index contributed by atoms with van der Waals surface area (Å²) in [4.78, 5) is 0.0726. The van der Waals surface area contributed by atoms with Crippen molar-refractivity contribution in [1.82, 2.24) is 9.78 Å². The van der Waals surface area contributed by atoms with Crippen LogP contribution in [-0.2, 0) is 17.0 Å². The monoisotopic (exact) mass is 458 g/mol. The maximum atomic E-state index is 13.0. The number of nitriles is 1. The van der Waals surface area contributed by atoms with Crippen LogP contribution in [0.2, 0.25) is 10.0 Å². The highest BCUT2D eigenvalue weighted by Gasteiger charge is 2.32. The molecule has 29 heavy (non-hydrogen) atoms. The van der Waals surface area contributed by atoms with Gasteiger partial charge in [-0.3, -0.25) is 4.21 Å². The van der Waals surface area contributed by atoms with Crippen LogP contribution in [0.1, 0.15) is 11.3 Å². The van der Waals surface area contributed by atoms with Gasteiger partial charge in [-0.25, -0.2) is 4.68 Å². The van der Waals surface area contributed by atoms with Crippen LogP contribution in [-0.4, -0.2) is 20.2 Å². The molecule has 0 aliphatic carbocycles. The number of alkyl halides is 3. The quantitative estimate of drug-likeness (QED) is 0.556. The molecule has 0 aliphatic rings. The van der Waals surface area contributed by atoms with Gasteiger partial charge in [0.15, 0.2) is 11.5 Å². The van der Waals surface area contributed by atoms with Crippen molar-refractivity contribution in [2.24, 2.45) is 0 Å². The lowest BCUT2D eigenvalue weighted by Gasteiger charge is -2.16. The van der Waals surface area contributed by atoms with Crippen LogP contribution < -0.4 is 5.32 Å². The molecule has 0 saturated heterocycles. The molecule has 0 aliphatic heterocycles. The minimum Gasteiger partial charge on any atom is -0.337 e. The molecule has 0 fully saturated rings. The topological polar surface area (TPSA) is 70.7 Å². The first-order valence-corrected chi connectivity index (χ1v) is 10.2. The number of benzene rings is 2. The maximum absolute atomic E-state index is 13.0. The van der Waals surface area contributed by atoms with Gasteiger partial charge in [-0.15, -0.1) is 0 Å². The first kappa shape index (κ1) is 21.2. The van der Waals surface area contributed by atoms with Crippen LogP contribution in [0.4, 0.5) is 24.7 Å². The molecular formula is C18H11Cl2F3N4OS. The first-order chi connectivity index (χ1) is 13.6. The molecule has 150 valence electrons. The summed E-state index contributed by atoms with van der Waals surface area (Å²) in [5, 5.41) is 15.8. The minimum atomic E-state index is -4.62. The fourth-order valence-corrected chi connectivity index (χ4v) is 3.94. The number of rotatable bonds is 4. The van der Waals surface area contributed by atoms with E-state index in [1.54, 1.807) is 30.3 Å². The Hall–Kier alpha value is -2.54. The lowest BCUT2D eigenvalue weighted by atomic mass is 10.2. The van der Waals surface area contributed by atoms with Crippen molar-refractivity contribution in [3.05, 3.63) is 63.8 Å². The van der Waals surface area contributed by atoms with Gasteiger partial charge < -0.3 is 5.32 Å². The van der Waals surface area contributed by atoms with E-state index in [0.717, 1.165) is 12.1 Å². The Balaban J connectivity index is 2.21. The van der Waals surface area contributed by atoms with Gasteiger partial charge in [-0.05, 0) is 24.3 Å². The van der Waals surface area contributed by atoms with E-state index in [9.17, 15) is 22.6 Å². The number of halogens is 5. The maximum Gasteiger partial charge on any atom is 0.416 e. The molecule has 0 bridgehead atoms. The van der Waals surface area contributed by atoms with Crippen molar-refractivity contribution in [3.8, 4) is 11.8 Å². The Bertz CT molecular complexity index is 1120. The molecule has 1 unspecified atom stereocenters. The van der Waals surface area contributed by atoms with Crippen molar-refractivity contribution in [1.29, 1.82) is 5.26 Å². The lowest BCUT2D eigenvalue weighted by Crippen LogP contribution is -2.08.